The molecule has 0 aliphatic heterocycles. The first-order valence-electron chi connectivity index (χ1n) is 6.45. The van der Waals surface area contributed by atoms with Crippen molar-refractivity contribution < 1.29 is 10.2 Å². The van der Waals surface area contributed by atoms with Gasteiger partial charge in [0.15, 0.2) is 5.82 Å². The molecule has 0 radical (unpaired) electrons. The van der Waals surface area contributed by atoms with Gasteiger partial charge in [-0.15, -0.1) is 0 Å². The third-order valence-electron chi connectivity index (χ3n) is 3.31. The molecule has 1 unspecified atom stereocenters. The molecule has 6 nitrogen and oxygen atoms in total. The second-order valence-electron chi connectivity index (χ2n) is 4.66. The Balaban J connectivity index is 2.30. The van der Waals surface area contributed by atoms with Crippen LogP contribution in [0.1, 0.15) is 0 Å². The number of nitrogens with one attached hydrogen (secondary N) is 1. The molecule has 0 fully saturated rings. The van der Waals surface area contributed by atoms with Crippen LogP contribution in [0, 0.1) is 0 Å². The van der Waals surface area contributed by atoms with E-state index in [0.29, 0.717) is 12.4 Å². The van der Waals surface area contributed by atoms with Crippen molar-refractivity contribution in [1.29, 1.82) is 0 Å². The molecule has 20 heavy (non-hydrogen) atoms. The van der Waals surface area contributed by atoms with Gasteiger partial charge in [0.25, 0.3) is 0 Å². The average Bonchev–Trinajstić information content (AvgIpc) is 2.90. The van der Waals surface area contributed by atoms with E-state index in [0.717, 1.165) is 21.9 Å². The van der Waals surface area contributed by atoms with Gasteiger partial charge in [-0.25, -0.2) is 9.97 Å². The lowest BCUT2D eigenvalue weighted by Gasteiger charge is -2.11. The van der Waals surface area contributed by atoms with E-state index in [1.54, 1.807) is 13.4 Å². The topological polar surface area (TPSA) is 83.2 Å². The van der Waals surface area contributed by atoms with E-state index in [1.807, 2.05) is 28.8 Å². The van der Waals surface area contributed by atoms with Crippen molar-refractivity contribution in [3.05, 3.63) is 30.6 Å². The van der Waals surface area contributed by atoms with Crippen LogP contribution in [0.25, 0.3) is 21.9 Å². The monoisotopic (exact) mass is 272 g/mol. The van der Waals surface area contributed by atoms with Crippen LogP contribution in [0.2, 0.25) is 0 Å². The number of aliphatic hydroxyl groups excluding tert-OH is 2. The zero-order valence-corrected chi connectivity index (χ0v) is 11.1. The van der Waals surface area contributed by atoms with E-state index in [9.17, 15) is 5.11 Å². The molecule has 0 bridgehead atoms. The van der Waals surface area contributed by atoms with Crippen LogP contribution in [0.5, 0.6) is 0 Å². The second kappa shape index (κ2) is 5.07. The molecule has 0 aliphatic carbocycles. The van der Waals surface area contributed by atoms with Crippen LogP contribution in [-0.4, -0.2) is 44.5 Å². The van der Waals surface area contributed by atoms with Crippen LogP contribution in [0.15, 0.2) is 30.6 Å². The van der Waals surface area contributed by atoms with Gasteiger partial charge in [0.2, 0.25) is 0 Å². The smallest absolute Gasteiger partial charge is 0.154 e. The maximum absolute atomic E-state index is 9.66. The molecule has 2 aromatic heterocycles. The van der Waals surface area contributed by atoms with Gasteiger partial charge < -0.3 is 20.1 Å². The Morgan fingerprint density at radius 1 is 1.35 bits per heavy atom. The van der Waals surface area contributed by atoms with Crippen LogP contribution in [-0.2, 0) is 6.54 Å². The molecule has 1 atom stereocenters. The zero-order chi connectivity index (χ0) is 14.1. The first-order valence-corrected chi connectivity index (χ1v) is 6.45. The summed E-state index contributed by atoms with van der Waals surface area (Å²) in [7, 11) is 1.80. The summed E-state index contributed by atoms with van der Waals surface area (Å²) in [5.41, 5.74) is 2.54. The second-order valence-corrected chi connectivity index (χ2v) is 4.66. The molecule has 6 heteroatoms. The van der Waals surface area contributed by atoms with Gasteiger partial charge in [0.1, 0.15) is 5.52 Å². The number of anilines is 1. The largest absolute Gasteiger partial charge is 0.394 e. The van der Waals surface area contributed by atoms with E-state index in [-0.39, 0.29) is 6.61 Å². The number of aliphatic hydroxyl groups is 2. The average molecular weight is 272 g/mol. The number of imidazole rings is 1. The fourth-order valence-corrected chi connectivity index (χ4v) is 2.38. The number of aromatic nitrogens is 3. The maximum Gasteiger partial charge on any atom is 0.154 e. The zero-order valence-electron chi connectivity index (χ0n) is 11.1. The van der Waals surface area contributed by atoms with Crippen LogP contribution < -0.4 is 5.32 Å². The number of rotatable bonds is 4. The minimum absolute atomic E-state index is 0.276. The highest BCUT2D eigenvalue weighted by atomic mass is 16.3. The Morgan fingerprint density at radius 3 is 2.90 bits per heavy atom. The third kappa shape index (κ3) is 1.99. The molecule has 0 saturated heterocycles. The van der Waals surface area contributed by atoms with Crippen molar-refractivity contribution in [1.82, 2.24) is 14.5 Å². The summed E-state index contributed by atoms with van der Waals surface area (Å²) in [5, 5.41) is 22.7. The fraction of sp³-hybridized carbons (Fsp3) is 0.286. The number of fused-ring (bicyclic) bond motifs is 3. The van der Waals surface area contributed by atoms with E-state index in [2.05, 4.69) is 15.3 Å². The van der Waals surface area contributed by atoms with Gasteiger partial charge in [-0.1, -0.05) is 18.2 Å². The molecular weight excluding hydrogens is 256 g/mol. The summed E-state index contributed by atoms with van der Waals surface area (Å²) in [6.07, 6.45) is 0.857. The van der Waals surface area contributed by atoms with Crippen molar-refractivity contribution in [2.75, 3.05) is 19.0 Å². The highest BCUT2D eigenvalue weighted by molar-refractivity contribution is 6.06. The summed E-state index contributed by atoms with van der Waals surface area (Å²) in [6, 6.07) is 7.80. The molecule has 3 N–H and O–H groups in total. The number of pyridine rings is 1. The van der Waals surface area contributed by atoms with Gasteiger partial charge in [0.05, 0.1) is 36.6 Å². The summed E-state index contributed by atoms with van der Waals surface area (Å²) in [6.45, 7) is 0.0196. The van der Waals surface area contributed by atoms with Gasteiger partial charge >= 0.3 is 0 Å². The van der Waals surface area contributed by atoms with Gasteiger partial charge in [-0.3, -0.25) is 0 Å². The number of hydrogen-bond acceptors (Lipinski definition) is 5. The van der Waals surface area contributed by atoms with Crippen molar-refractivity contribution >= 4 is 27.8 Å². The van der Waals surface area contributed by atoms with Gasteiger partial charge in [0, 0.05) is 12.4 Å². The lowest BCUT2D eigenvalue weighted by atomic mass is 10.2. The quantitative estimate of drug-likeness (QED) is 0.659. The molecule has 3 aromatic rings. The lowest BCUT2D eigenvalue weighted by molar-refractivity contribution is 0.0821. The van der Waals surface area contributed by atoms with Crippen molar-refractivity contribution in [2.45, 2.75) is 12.6 Å². The summed E-state index contributed by atoms with van der Waals surface area (Å²) < 4.78 is 1.85. The third-order valence-corrected chi connectivity index (χ3v) is 3.31. The number of hydrogen-bond donors (Lipinski definition) is 3. The highest BCUT2D eigenvalue weighted by Gasteiger charge is 2.14. The van der Waals surface area contributed by atoms with Crippen LogP contribution in [0.3, 0.4) is 0 Å². The molecule has 0 saturated carbocycles. The van der Waals surface area contributed by atoms with E-state index < -0.39 is 6.10 Å². The molecule has 0 amide bonds. The Bertz CT molecular complexity index is 753. The number of benzene rings is 1. The number of nitrogens with zero attached hydrogens (tertiary/aromatic N) is 3. The predicted octanol–water partition coefficient (Wildman–Crippen LogP) is 0.979. The molecular formula is C14H16N4O2. The summed E-state index contributed by atoms with van der Waals surface area (Å²) >= 11 is 0. The van der Waals surface area contributed by atoms with E-state index >= 15 is 0 Å². The number of para-hydroxylation sites is 1. The molecule has 0 aliphatic rings. The molecule has 2 heterocycles. The Morgan fingerprint density at radius 2 is 2.15 bits per heavy atom. The molecule has 3 rings (SSSR count). The summed E-state index contributed by atoms with van der Waals surface area (Å²) in [5.74, 6) is 0.705. The Hall–Kier alpha value is -2.18. The van der Waals surface area contributed by atoms with Crippen LogP contribution >= 0.6 is 0 Å². The van der Waals surface area contributed by atoms with Gasteiger partial charge in [-0.05, 0) is 6.07 Å². The minimum Gasteiger partial charge on any atom is -0.394 e. The van der Waals surface area contributed by atoms with E-state index in [4.69, 9.17) is 5.11 Å². The van der Waals surface area contributed by atoms with Crippen molar-refractivity contribution in [3.63, 3.8) is 0 Å². The maximum atomic E-state index is 9.66. The van der Waals surface area contributed by atoms with Gasteiger partial charge in [-0.2, -0.15) is 0 Å². The fourth-order valence-electron chi connectivity index (χ4n) is 2.38. The first kappa shape index (κ1) is 12.8. The summed E-state index contributed by atoms with van der Waals surface area (Å²) in [4.78, 5) is 8.91. The van der Waals surface area contributed by atoms with Crippen molar-refractivity contribution in [3.8, 4) is 0 Å². The SMILES string of the molecule is CNc1nc2ccccc2c2c1ncn2CC(O)CO. The minimum atomic E-state index is -0.808. The van der Waals surface area contributed by atoms with E-state index in [1.165, 1.54) is 0 Å². The molecule has 104 valence electrons. The Labute approximate surface area is 115 Å². The molecule has 1 aromatic carbocycles. The lowest BCUT2D eigenvalue weighted by Crippen LogP contribution is -2.19. The predicted molar refractivity (Wildman–Crippen MR) is 77.7 cm³/mol. The normalized spacial score (nSPS) is 12.9. The Kier molecular flexibility index (Phi) is 3.25. The first-order chi connectivity index (χ1) is 9.74. The molecule has 0 spiro atoms. The standard InChI is InChI=1S/C14H16N4O2/c1-15-14-12-13(10-4-2-3-5-11(10)17-14)18(8-16-12)6-9(20)7-19/h2-5,8-9,19-20H,6-7H2,1H3,(H,15,17). The highest BCUT2D eigenvalue weighted by Crippen LogP contribution is 2.28. The van der Waals surface area contributed by atoms with Crippen LogP contribution in [0.4, 0.5) is 5.82 Å². The van der Waals surface area contributed by atoms with Crippen molar-refractivity contribution in [2.24, 2.45) is 0 Å².